The van der Waals surface area contributed by atoms with E-state index in [0.29, 0.717) is 18.9 Å². The van der Waals surface area contributed by atoms with E-state index >= 15 is 0 Å². The fraction of sp³-hybridized carbons (Fsp3) is 0.824. The van der Waals surface area contributed by atoms with Gasteiger partial charge in [0.05, 0.1) is 17.9 Å². The molecular weight excluding hydrogens is 264 g/mol. The molecule has 0 aromatic carbocycles. The first-order chi connectivity index (χ1) is 10.2. The van der Waals surface area contributed by atoms with Gasteiger partial charge in [0.15, 0.2) is 0 Å². The van der Waals surface area contributed by atoms with Gasteiger partial charge in [0.1, 0.15) is 0 Å². The fourth-order valence-corrected chi connectivity index (χ4v) is 3.48. The van der Waals surface area contributed by atoms with Crippen molar-refractivity contribution in [3.05, 3.63) is 17.5 Å². The molecule has 120 valence electrons. The summed E-state index contributed by atoms with van der Waals surface area (Å²) in [6, 6.07) is 2.10. The lowest BCUT2D eigenvalue weighted by atomic mass is 9.82. The summed E-state index contributed by atoms with van der Waals surface area (Å²) in [4.78, 5) is 0. The highest BCUT2D eigenvalue weighted by atomic mass is 16.5. The van der Waals surface area contributed by atoms with Crippen LogP contribution in [-0.2, 0) is 24.6 Å². The van der Waals surface area contributed by atoms with Gasteiger partial charge in [-0.05, 0) is 38.2 Å². The second-order valence-corrected chi connectivity index (χ2v) is 6.19. The number of nitrogens with zero attached hydrogens (tertiary/aromatic N) is 2. The summed E-state index contributed by atoms with van der Waals surface area (Å²) >= 11 is 0. The Kier molecular flexibility index (Phi) is 6.24. The van der Waals surface area contributed by atoms with E-state index < -0.39 is 6.10 Å². The van der Waals surface area contributed by atoms with Crippen molar-refractivity contribution < 1.29 is 9.84 Å². The van der Waals surface area contributed by atoms with Crippen molar-refractivity contribution in [3.8, 4) is 0 Å². The molecule has 4 heteroatoms. The van der Waals surface area contributed by atoms with E-state index in [1.54, 1.807) is 0 Å². The van der Waals surface area contributed by atoms with E-state index in [1.165, 1.54) is 32.1 Å². The molecule has 1 N–H and O–H groups in total. The molecule has 0 saturated heterocycles. The van der Waals surface area contributed by atoms with E-state index in [0.717, 1.165) is 17.8 Å². The van der Waals surface area contributed by atoms with E-state index in [9.17, 15) is 5.11 Å². The first-order valence-electron chi connectivity index (χ1n) is 8.47. The topological polar surface area (TPSA) is 47.3 Å². The highest BCUT2D eigenvalue weighted by Gasteiger charge is 2.30. The summed E-state index contributed by atoms with van der Waals surface area (Å²) < 4.78 is 7.80. The van der Waals surface area contributed by atoms with E-state index in [-0.39, 0.29) is 6.10 Å². The molecule has 1 heterocycles. The maximum Gasteiger partial charge on any atom is 0.0865 e. The maximum absolute atomic E-state index is 10.7. The highest BCUT2D eigenvalue weighted by molar-refractivity contribution is 5.11. The summed E-state index contributed by atoms with van der Waals surface area (Å²) in [5, 5.41) is 15.2. The lowest BCUT2D eigenvalue weighted by Gasteiger charge is -2.33. The predicted octanol–water partition coefficient (Wildman–Crippen LogP) is 2.87. The molecule has 1 aromatic rings. The number of ether oxygens (including phenoxy) is 1. The van der Waals surface area contributed by atoms with Gasteiger partial charge in [0.25, 0.3) is 0 Å². The maximum atomic E-state index is 10.7. The van der Waals surface area contributed by atoms with Gasteiger partial charge in [-0.3, -0.25) is 4.68 Å². The Morgan fingerprint density at radius 3 is 2.62 bits per heavy atom. The molecule has 0 aliphatic heterocycles. The van der Waals surface area contributed by atoms with Crippen LogP contribution >= 0.6 is 0 Å². The zero-order valence-electron chi connectivity index (χ0n) is 13.7. The minimum absolute atomic E-state index is 0.0322. The van der Waals surface area contributed by atoms with Crippen molar-refractivity contribution in [1.29, 1.82) is 0 Å². The van der Waals surface area contributed by atoms with Gasteiger partial charge >= 0.3 is 0 Å². The van der Waals surface area contributed by atoms with Gasteiger partial charge in [-0.25, -0.2) is 0 Å². The Hall–Kier alpha value is -0.870. The molecule has 0 bridgehead atoms. The Bertz CT molecular complexity index is 424. The molecule has 0 radical (unpaired) electrons. The standard InChI is InChI=1S/C17H30N2O2/c1-4-14-11-15(19(3)18-14)12-16(20)17(21-5-2)13-9-7-6-8-10-13/h11,13,16-17,20H,4-10,12H2,1-3H3. The van der Waals surface area contributed by atoms with Gasteiger partial charge < -0.3 is 9.84 Å². The molecule has 1 saturated carbocycles. The Balaban J connectivity index is 2.02. The van der Waals surface area contributed by atoms with Crippen LogP contribution in [0.25, 0.3) is 0 Å². The average molecular weight is 294 g/mol. The predicted molar refractivity (Wildman–Crippen MR) is 84.3 cm³/mol. The molecule has 21 heavy (non-hydrogen) atoms. The van der Waals surface area contributed by atoms with Crippen LogP contribution in [-0.4, -0.2) is 33.7 Å². The summed E-state index contributed by atoms with van der Waals surface area (Å²) in [5.41, 5.74) is 2.19. The third-order valence-corrected chi connectivity index (χ3v) is 4.66. The van der Waals surface area contributed by atoms with Gasteiger partial charge in [0.2, 0.25) is 0 Å². The van der Waals surface area contributed by atoms with Crippen molar-refractivity contribution in [2.45, 2.75) is 71.0 Å². The van der Waals surface area contributed by atoms with Gasteiger partial charge in [0, 0.05) is 25.8 Å². The van der Waals surface area contributed by atoms with Crippen LogP contribution in [0.5, 0.6) is 0 Å². The third-order valence-electron chi connectivity index (χ3n) is 4.66. The third kappa shape index (κ3) is 4.30. The molecule has 0 amide bonds. The molecule has 2 rings (SSSR count). The first kappa shape index (κ1) is 16.5. The molecule has 1 aliphatic carbocycles. The lowest BCUT2D eigenvalue weighted by molar-refractivity contribution is -0.0720. The number of hydrogen-bond acceptors (Lipinski definition) is 3. The number of aliphatic hydroxyl groups excluding tert-OH is 1. The molecule has 1 fully saturated rings. The van der Waals surface area contributed by atoms with Crippen molar-refractivity contribution in [2.75, 3.05) is 6.61 Å². The van der Waals surface area contributed by atoms with Crippen LogP contribution in [0.3, 0.4) is 0 Å². The highest BCUT2D eigenvalue weighted by Crippen LogP contribution is 2.30. The normalized spacial score (nSPS) is 19.6. The second-order valence-electron chi connectivity index (χ2n) is 6.19. The number of aryl methyl sites for hydroxylation is 2. The smallest absolute Gasteiger partial charge is 0.0865 e. The number of hydrogen-bond donors (Lipinski definition) is 1. The number of aromatic nitrogens is 2. The summed E-state index contributed by atoms with van der Waals surface area (Å²) in [7, 11) is 1.96. The molecule has 0 spiro atoms. The Morgan fingerprint density at radius 1 is 1.33 bits per heavy atom. The SMILES string of the molecule is CCOC(C(O)Cc1cc(CC)nn1C)C1CCCCC1. The summed E-state index contributed by atoms with van der Waals surface area (Å²) in [5.74, 6) is 0.507. The Morgan fingerprint density at radius 2 is 2.05 bits per heavy atom. The van der Waals surface area contributed by atoms with Crippen LogP contribution in [0.4, 0.5) is 0 Å². The number of aliphatic hydroxyl groups is 1. The van der Waals surface area contributed by atoms with Crippen LogP contribution in [0.1, 0.15) is 57.3 Å². The molecule has 1 aromatic heterocycles. The van der Waals surface area contributed by atoms with Crippen molar-refractivity contribution >= 4 is 0 Å². The zero-order valence-corrected chi connectivity index (χ0v) is 13.7. The molecule has 1 aliphatic rings. The monoisotopic (exact) mass is 294 g/mol. The minimum Gasteiger partial charge on any atom is -0.390 e. The summed E-state index contributed by atoms with van der Waals surface area (Å²) in [6.07, 6.45) is 7.34. The molecule has 2 atom stereocenters. The van der Waals surface area contributed by atoms with Crippen molar-refractivity contribution in [2.24, 2.45) is 13.0 Å². The average Bonchev–Trinajstić information content (AvgIpc) is 2.86. The van der Waals surface area contributed by atoms with E-state index in [1.807, 2.05) is 18.7 Å². The first-order valence-corrected chi connectivity index (χ1v) is 8.47. The quantitative estimate of drug-likeness (QED) is 0.841. The van der Waals surface area contributed by atoms with Crippen LogP contribution in [0.2, 0.25) is 0 Å². The van der Waals surface area contributed by atoms with E-state index in [2.05, 4.69) is 18.1 Å². The van der Waals surface area contributed by atoms with Gasteiger partial charge in [-0.2, -0.15) is 5.10 Å². The largest absolute Gasteiger partial charge is 0.390 e. The van der Waals surface area contributed by atoms with Crippen LogP contribution in [0, 0.1) is 5.92 Å². The molecular formula is C17H30N2O2. The van der Waals surface area contributed by atoms with Crippen molar-refractivity contribution in [1.82, 2.24) is 9.78 Å². The number of rotatable bonds is 7. The van der Waals surface area contributed by atoms with Crippen LogP contribution in [0.15, 0.2) is 6.07 Å². The molecule has 2 unspecified atom stereocenters. The molecule has 4 nitrogen and oxygen atoms in total. The van der Waals surface area contributed by atoms with E-state index in [4.69, 9.17) is 4.74 Å². The van der Waals surface area contributed by atoms with Gasteiger partial charge in [-0.1, -0.05) is 26.2 Å². The van der Waals surface area contributed by atoms with Gasteiger partial charge in [-0.15, -0.1) is 0 Å². The second kappa shape index (κ2) is 7.95. The lowest BCUT2D eigenvalue weighted by Crippen LogP contribution is -2.39. The fourth-order valence-electron chi connectivity index (χ4n) is 3.48. The zero-order chi connectivity index (χ0) is 15.2. The Labute approximate surface area is 128 Å². The van der Waals surface area contributed by atoms with Crippen molar-refractivity contribution in [3.63, 3.8) is 0 Å². The minimum atomic E-state index is -0.437. The van der Waals surface area contributed by atoms with Crippen LogP contribution < -0.4 is 0 Å². The summed E-state index contributed by atoms with van der Waals surface area (Å²) in [6.45, 7) is 4.79.